The van der Waals surface area contributed by atoms with Crippen molar-refractivity contribution in [3.63, 3.8) is 0 Å². The van der Waals surface area contributed by atoms with Crippen molar-refractivity contribution in [2.75, 3.05) is 5.75 Å². The van der Waals surface area contributed by atoms with Crippen molar-refractivity contribution < 1.29 is 13.2 Å². The lowest BCUT2D eigenvalue weighted by atomic mass is 10.00. The summed E-state index contributed by atoms with van der Waals surface area (Å²) in [6.07, 6.45) is 2.42. The standard InChI is InChI=1S/C8H17NO3S/c1-3-8(2)5-4-7(12-8)6-13(9,10)11/h7H,3-6H2,1-2H3,(H2,9,10,11). The molecule has 2 N–H and O–H groups in total. The first-order valence-electron chi connectivity index (χ1n) is 4.53. The molecule has 5 heteroatoms. The van der Waals surface area contributed by atoms with Gasteiger partial charge in [-0.05, 0) is 26.2 Å². The van der Waals surface area contributed by atoms with E-state index in [0.29, 0.717) is 0 Å². The summed E-state index contributed by atoms with van der Waals surface area (Å²) in [7, 11) is -3.39. The highest BCUT2D eigenvalue weighted by molar-refractivity contribution is 7.89. The smallest absolute Gasteiger partial charge is 0.211 e. The van der Waals surface area contributed by atoms with E-state index in [4.69, 9.17) is 9.88 Å². The highest BCUT2D eigenvalue weighted by Gasteiger charge is 2.35. The second-order valence-corrected chi connectivity index (χ2v) is 5.57. The summed E-state index contributed by atoms with van der Waals surface area (Å²) in [6, 6.07) is 0. The predicted octanol–water partition coefficient (Wildman–Crippen LogP) is 0.623. The first-order chi connectivity index (χ1) is 5.85. The summed E-state index contributed by atoms with van der Waals surface area (Å²) in [5, 5.41) is 4.94. The molecule has 78 valence electrons. The van der Waals surface area contributed by atoms with E-state index >= 15 is 0 Å². The number of hydrogen-bond acceptors (Lipinski definition) is 3. The molecular weight excluding hydrogens is 190 g/mol. The van der Waals surface area contributed by atoms with Gasteiger partial charge in [-0.2, -0.15) is 0 Å². The zero-order valence-corrected chi connectivity index (χ0v) is 8.93. The van der Waals surface area contributed by atoms with Gasteiger partial charge in [0.15, 0.2) is 0 Å². The molecule has 1 fully saturated rings. The summed E-state index contributed by atoms with van der Waals surface area (Å²) in [5.41, 5.74) is -0.143. The third-order valence-electron chi connectivity index (χ3n) is 2.61. The lowest BCUT2D eigenvalue weighted by Gasteiger charge is -2.22. The molecule has 0 aromatic carbocycles. The van der Waals surface area contributed by atoms with Crippen molar-refractivity contribution in [2.45, 2.75) is 44.8 Å². The number of ether oxygens (including phenoxy) is 1. The van der Waals surface area contributed by atoms with Gasteiger partial charge < -0.3 is 4.74 Å². The van der Waals surface area contributed by atoms with E-state index < -0.39 is 10.0 Å². The number of sulfonamides is 1. The molecule has 2 atom stereocenters. The number of rotatable bonds is 3. The second kappa shape index (κ2) is 3.55. The van der Waals surface area contributed by atoms with Crippen LogP contribution < -0.4 is 5.14 Å². The Morgan fingerprint density at radius 1 is 1.62 bits per heavy atom. The molecule has 1 aliphatic heterocycles. The Kier molecular flexibility index (Phi) is 2.99. The van der Waals surface area contributed by atoms with Crippen LogP contribution >= 0.6 is 0 Å². The average molecular weight is 207 g/mol. The quantitative estimate of drug-likeness (QED) is 0.737. The third-order valence-corrected chi connectivity index (χ3v) is 3.45. The van der Waals surface area contributed by atoms with Crippen LogP contribution in [0.4, 0.5) is 0 Å². The van der Waals surface area contributed by atoms with Crippen molar-refractivity contribution in [3.8, 4) is 0 Å². The van der Waals surface area contributed by atoms with Gasteiger partial charge in [0.25, 0.3) is 0 Å². The topological polar surface area (TPSA) is 69.4 Å². The zero-order chi connectivity index (χ0) is 10.1. The SMILES string of the molecule is CCC1(C)CCC(CS(N)(=O)=O)O1. The van der Waals surface area contributed by atoms with Crippen molar-refractivity contribution in [2.24, 2.45) is 5.14 Å². The van der Waals surface area contributed by atoms with Crippen LogP contribution in [-0.4, -0.2) is 25.9 Å². The van der Waals surface area contributed by atoms with Gasteiger partial charge in [0.05, 0.1) is 17.5 Å². The summed E-state index contributed by atoms with van der Waals surface area (Å²) < 4.78 is 27.2. The molecule has 0 aromatic heterocycles. The molecule has 0 amide bonds. The van der Waals surface area contributed by atoms with Crippen LogP contribution in [0.1, 0.15) is 33.1 Å². The average Bonchev–Trinajstić information content (AvgIpc) is 2.30. The maximum Gasteiger partial charge on any atom is 0.211 e. The van der Waals surface area contributed by atoms with Gasteiger partial charge in [0.2, 0.25) is 10.0 Å². The maximum absolute atomic E-state index is 10.8. The Bertz CT molecular complexity index is 275. The van der Waals surface area contributed by atoms with Gasteiger partial charge in [0, 0.05) is 0 Å². The Morgan fingerprint density at radius 3 is 2.62 bits per heavy atom. The van der Waals surface area contributed by atoms with E-state index in [2.05, 4.69) is 0 Å². The van der Waals surface area contributed by atoms with E-state index in [0.717, 1.165) is 19.3 Å². The van der Waals surface area contributed by atoms with Crippen molar-refractivity contribution in [1.82, 2.24) is 0 Å². The third kappa shape index (κ3) is 3.25. The van der Waals surface area contributed by atoms with Crippen LogP contribution in [0.5, 0.6) is 0 Å². The van der Waals surface area contributed by atoms with Crippen molar-refractivity contribution in [1.29, 1.82) is 0 Å². The molecule has 4 nitrogen and oxygen atoms in total. The first-order valence-corrected chi connectivity index (χ1v) is 6.24. The number of nitrogens with two attached hydrogens (primary N) is 1. The highest BCUT2D eigenvalue weighted by Crippen LogP contribution is 2.32. The molecule has 1 heterocycles. The lowest BCUT2D eigenvalue weighted by Crippen LogP contribution is -2.30. The van der Waals surface area contributed by atoms with Crippen LogP contribution in [0.25, 0.3) is 0 Å². The summed E-state index contributed by atoms with van der Waals surface area (Å²) >= 11 is 0. The van der Waals surface area contributed by atoms with Crippen LogP contribution in [-0.2, 0) is 14.8 Å². The summed E-state index contributed by atoms with van der Waals surface area (Å²) in [6.45, 7) is 4.05. The van der Waals surface area contributed by atoms with Gasteiger partial charge in [0.1, 0.15) is 0 Å². The summed E-state index contributed by atoms with van der Waals surface area (Å²) in [4.78, 5) is 0. The molecule has 0 spiro atoms. The zero-order valence-electron chi connectivity index (χ0n) is 8.12. The van der Waals surface area contributed by atoms with E-state index in [-0.39, 0.29) is 17.5 Å². The van der Waals surface area contributed by atoms with Crippen molar-refractivity contribution >= 4 is 10.0 Å². The molecule has 0 aromatic rings. The van der Waals surface area contributed by atoms with E-state index in [1.54, 1.807) is 0 Å². The monoisotopic (exact) mass is 207 g/mol. The molecule has 0 saturated carbocycles. The molecule has 1 aliphatic rings. The first kappa shape index (κ1) is 10.9. The predicted molar refractivity (Wildman–Crippen MR) is 50.8 cm³/mol. The fraction of sp³-hybridized carbons (Fsp3) is 1.00. The minimum atomic E-state index is -3.39. The Labute approximate surface area is 79.5 Å². The largest absolute Gasteiger partial charge is 0.371 e. The van der Waals surface area contributed by atoms with Crippen LogP contribution in [0, 0.1) is 0 Å². The van der Waals surface area contributed by atoms with Gasteiger partial charge in [-0.15, -0.1) is 0 Å². The van der Waals surface area contributed by atoms with Crippen LogP contribution in [0.2, 0.25) is 0 Å². The normalized spacial score (nSPS) is 35.2. The molecule has 1 saturated heterocycles. The minimum absolute atomic E-state index is 0.0530. The molecular formula is C8H17NO3S. The van der Waals surface area contributed by atoms with E-state index in [1.165, 1.54) is 0 Å². The fourth-order valence-corrected chi connectivity index (χ4v) is 2.38. The molecule has 13 heavy (non-hydrogen) atoms. The highest BCUT2D eigenvalue weighted by atomic mass is 32.2. The minimum Gasteiger partial charge on any atom is -0.371 e. The Balaban J connectivity index is 2.51. The summed E-state index contributed by atoms with van der Waals surface area (Å²) in [5.74, 6) is -0.0530. The Morgan fingerprint density at radius 2 is 2.23 bits per heavy atom. The van der Waals surface area contributed by atoms with Gasteiger partial charge >= 0.3 is 0 Å². The van der Waals surface area contributed by atoms with E-state index in [9.17, 15) is 8.42 Å². The Hall–Kier alpha value is -0.130. The second-order valence-electron chi connectivity index (χ2n) is 3.91. The number of primary sulfonamides is 1. The maximum atomic E-state index is 10.8. The number of hydrogen-bond donors (Lipinski definition) is 1. The van der Waals surface area contributed by atoms with Gasteiger partial charge in [-0.3, -0.25) is 0 Å². The molecule has 1 rings (SSSR count). The van der Waals surface area contributed by atoms with E-state index in [1.807, 2.05) is 13.8 Å². The molecule has 0 bridgehead atoms. The molecule has 2 unspecified atom stereocenters. The van der Waals surface area contributed by atoms with Crippen LogP contribution in [0.15, 0.2) is 0 Å². The van der Waals surface area contributed by atoms with Crippen LogP contribution in [0.3, 0.4) is 0 Å². The molecule has 0 aliphatic carbocycles. The lowest BCUT2D eigenvalue weighted by molar-refractivity contribution is -0.0214. The molecule has 0 radical (unpaired) electrons. The fourth-order valence-electron chi connectivity index (χ4n) is 1.62. The van der Waals surface area contributed by atoms with Crippen molar-refractivity contribution in [3.05, 3.63) is 0 Å². The van der Waals surface area contributed by atoms with Gasteiger partial charge in [-0.1, -0.05) is 6.92 Å². The van der Waals surface area contributed by atoms with Gasteiger partial charge in [-0.25, -0.2) is 13.6 Å².